The van der Waals surface area contributed by atoms with Crippen LogP contribution in [0, 0.1) is 0 Å². The molecule has 0 heterocycles. The van der Waals surface area contributed by atoms with Gasteiger partial charge in [0.1, 0.15) is 5.60 Å². The van der Waals surface area contributed by atoms with Crippen LogP contribution in [-0.4, -0.2) is 5.60 Å². The first-order valence-electron chi connectivity index (χ1n) is 3.27. The summed E-state index contributed by atoms with van der Waals surface area (Å²) < 4.78 is 5.45. The molecule has 0 bridgehead atoms. The predicted molar refractivity (Wildman–Crippen MR) is 40.3 cm³/mol. The minimum absolute atomic E-state index is 0.0450. The molecule has 0 fully saturated rings. The van der Waals surface area contributed by atoms with Gasteiger partial charge < -0.3 is 4.74 Å². The van der Waals surface area contributed by atoms with Gasteiger partial charge in [0, 0.05) is 0 Å². The molecule has 0 atom stereocenters. The Morgan fingerprint density at radius 1 is 1.33 bits per heavy atom. The molecule has 9 heavy (non-hydrogen) atoms. The molecule has 1 heteroatoms. The summed E-state index contributed by atoms with van der Waals surface area (Å²) in [7, 11) is 0. The number of rotatable bonds is 1. The van der Waals surface area contributed by atoms with E-state index in [2.05, 4.69) is 0 Å². The largest absolute Gasteiger partial charge is 0.493 e. The van der Waals surface area contributed by atoms with Gasteiger partial charge >= 0.3 is 0 Å². The SMILES string of the molecule is C/C=C(/C)OC(C)(C)C. The quantitative estimate of drug-likeness (QED) is 0.493. The van der Waals surface area contributed by atoms with Gasteiger partial charge in [-0.2, -0.15) is 0 Å². The van der Waals surface area contributed by atoms with E-state index in [1.807, 2.05) is 40.7 Å². The minimum Gasteiger partial charge on any atom is -0.493 e. The highest BCUT2D eigenvalue weighted by atomic mass is 16.5. The average Bonchev–Trinajstić information content (AvgIpc) is 1.62. The zero-order valence-electron chi connectivity index (χ0n) is 6.99. The number of hydrogen-bond donors (Lipinski definition) is 0. The molecule has 0 aliphatic heterocycles. The molecular weight excluding hydrogens is 112 g/mol. The van der Waals surface area contributed by atoms with Crippen molar-refractivity contribution < 1.29 is 4.74 Å². The van der Waals surface area contributed by atoms with Crippen LogP contribution in [0.4, 0.5) is 0 Å². The molecule has 0 saturated heterocycles. The molecule has 0 amide bonds. The van der Waals surface area contributed by atoms with Gasteiger partial charge in [-0.3, -0.25) is 0 Å². The molecule has 0 radical (unpaired) electrons. The van der Waals surface area contributed by atoms with Crippen LogP contribution in [-0.2, 0) is 4.74 Å². The van der Waals surface area contributed by atoms with E-state index in [1.165, 1.54) is 0 Å². The van der Waals surface area contributed by atoms with E-state index in [1.54, 1.807) is 0 Å². The first-order valence-corrected chi connectivity index (χ1v) is 3.27. The maximum atomic E-state index is 5.45. The van der Waals surface area contributed by atoms with Gasteiger partial charge in [-0.25, -0.2) is 0 Å². The maximum Gasteiger partial charge on any atom is 0.100 e. The summed E-state index contributed by atoms with van der Waals surface area (Å²) in [6.45, 7) is 10.1. The summed E-state index contributed by atoms with van der Waals surface area (Å²) in [6, 6.07) is 0. The van der Waals surface area contributed by atoms with E-state index < -0.39 is 0 Å². The summed E-state index contributed by atoms with van der Waals surface area (Å²) in [5, 5.41) is 0. The summed E-state index contributed by atoms with van der Waals surface area (Å²) in [6.07, 6.45) is 1.96. The standard InChI is InChI=1S/C8H16O/c1-6-7(2)9-8(3,4)5/h6H,1-5H3/b7-6-. The summed E-state index contributed by atoms with van der Waals surface area (Å²) in [4.78, 5) is 0. The van der Waals surface area contributed by atoms with E-state index in [4.69, 9.17) is 4.74 Å². The van der Waals surface area contributed by atoms with Crippen molar-refractivity contribution >= 4 is 0 Å². The van der Waals surface area contributed by atoms with Gasteiger partial charge in [-0.1, -0.05) is 0 Å². The van der Waals surface area contributed by atoms with Crippen molar-refractivity contribution in [2.24, 2.45) is 0 Å². The molecule has 0 aromatic carbocycles. The fraction of sp³-hybridized carbons (Fsp3) is 0.750. The Hall–Kier alpha value is -0.460. The normalized spacial score (nSPS) is 13.7. The van der Waals surface area contributed by atoms with Crippen molar-refractivity contribution in [3.8, 4) is 0 Å². The highest BCUT2D eigenvalue weighted by Crippen LogP contribution is 2.11. The smallest absolute Gasteiger partial charge is 0.100 e. The lowest BCUT2D eigenvalue weighted by molar-refractivity contribution is 0.0531. The number of ether oxygens (including phenoxy) is 1. The third-order valence-corrected chi connectivity index (χ3v) is 0.874. The lowest BCUT2D eigenvalue weighted by Crippen LogP contribution is -2.17. The fourth-order valence-corrected chi connectivity index (χ4v) is 0.542. The molecule has 0 unspecified atom stereocenters. The first-order chi connectivity index (χ1) is 3.95. The van der Waals surface area contributed by atoms with Crippen molar-refractivity contribution in [1.29, 1.82) is 0 Å². The Kier molecular flexibility index (Phi) is 2.75. The average molecular weight is 128 g/mol. The highest BCUT2D eigenvalue weighted by Gasteiger charge is 2.09. The zero-order valence-corrected chi connectivity index (χ0v) is 6.99. The van der Waals surface area contributed by atoms with Crippen LogP contribution < -0.4 is 0 Å². The molecular formula is C8H16O. The van der Waals surface area contributed by atoms with Crippen LogP contribution in [0.3, 0.4) is 0 Å². The molecule has 0 aromatic heterocycles. The monoisotopic (exact) mass is 128 g/mol. The molecule has 54 valence electrons. The number of hydrogen-bond acceptors (Lipinski definition) is 1. The molecule has 0 saturated carbocycles. The molecule has 0 aliphatic rings. The Balaban J connectivity index is 3.75. The maximum absolute atomic E-state index is 5.45. The second-order valence-electron chi connectivity index (χ2n) is 3.11. The van der Waals surface area contributed by atoms with Crippen LogP contribution in [0.25, 0.3) is 0 Å². The Morgan fingerprint density at radius 2 is 1.78 bits per heavy atom. The zero-order chi connectivity index (χ0) is 7.49. The van der Waals surface area contributed by atoms with Gasteiger partial charge in [-0.05, 0) is 40.7 Å². The summed E-state index contributed by atoms with van der Waals surface area (Å²) in [5.74, 6) is 0.988. The van der Waals surface area contributed by atoms with E-state index in [9.17, 15) is 0 Å². The van der Waals surface area contributed by atoms with Gasteiger partial charge in [0.05, 0.1) is 5.76 Å². The third kappa shape index (κ3) is 5.41. The lowest BCUT2D eigenvalue weighted by atomic mass is 10.2. The van der Waals surface area contributed by atoms with Crippen molar-refractivity contribution in [2.75, 3.05) is 0 Å². The van der Waals surface area contributed by atoms with Crippen molar-refractivity contribution in [1.82, 2.24) is 0 Å². The second-order valence-corrected chi connectivity index (χ2v) is 3.11. The first kappa shape index (κ1) is 8.54. The van der Waals surface area contributed by atoms with Crippen LogP contribution in [0.2, 0.25) is 0 Å². The minimum atomic E-state index is -0.0450. The Morgan fingerprint density at radius 3 is 1.89 bits per heavy atom. The van der Waals surface area contributed by atoms with Crippen LogP contribution in [0.15, 0.2) is 11.8 Å². The summed E-state index contributed by atoms with van der Waals surface area (Å²) >= 11 is 0. The molecule has 0 aromatic rings. The molecule has 0 rings (SSSR count). The third-order valence-electron chi connectivity index (χ3n) is 0.874. The van der Waals surface area contributed by atoms with Crippen LogP contribution >= 0.6 is 0 Å². The van der Waals surface area contributed by atoms with Crippen molar-refractivity contribution in [2.45, 2.75) is 40.2 Å². The van der Waals surface area contributed by atoms with Crippen LogP contribution in [0.1, 0.15) is 34.6 Å². The second kappa shape index (κ2) is 2.90. The summed E-state index contributed by atoms with van der Waals surface area (Å²) in [5.41, 5.74) is -0.0450. The fourth-order valence-electron chi connectivity index (χ4n) is 0.542. The van der Waals surface area contributed by atoms with E-state index in [-0.39, 0.29) is 5.60 Å². The van der Waals surface area contributed by atoms with Gasteiger partial charge in [0.25, 0.3) is 0 Å². The van der Waals surface area contributed by atoms with Crippen molar-refractivity contribution in [3.63, 3.8) is 0 Å². The topological polar surface area (TPSA) is 9.23 Å². The number of allylic oxidation sites excluding steroid dienone is 2. The van der Waals surface area contributed by atoms with Crippen molar-refractivity contribution in [3.05, 3.63) is 11.8 Å². The van der Waals surface area contributed by atoms with Gasteiger partial charge in [-0.15, -0.1) is 0 Å². The molecule has 0 aliphatic carbocycles. The Bertz CT molecular complexity index is 106. The van der Waals surface area contributed by atoms with E-state index in [0.29, 0.717) is 0 Å². The molecule has 0 N–H and O–H groups in total. The van der Waals surface area contributed by atoms with E-state index >= 15 is 0 Å². The lowest BCUT2D eigenvalue weighted by Gasteiger charge is -2.21. The van der Waals surface area contributed by atoms with Gasteiger partial charge in [0.2, 0.25) is 0 Å². The predicted octanol–water partition coefficient (Wildman–Crippen LogP) is 2.73. The molecule has 0 spiro atoms. The molecule has 1 nitrogen and oxygen atoms in total. The van der Waals surface area contributed by atoms with Gasteiger partial charge in [0.15, 0.2) is 0 Å². The van der Waals surface area contributed by atoms with Crippen LogP contribution in [0.5, 0.6) is 0 Å². The van der Waals surface area contributed by atoms with E-state index in [0.717, 1.165) is 5.76 Å². The Labute approximate surface area is 57.7 Å². The highest BCUT2D eigenvalue weighted by molar-refractivity contribution is 4.86.